The molecular weight excluding hydrogens is 118 g/mol. The van der Waals surface area contributed by atoms with E-state index in [0.29, 0.717) is 0 Å². The summed E-state index contributed by atoms with van der Waals surface area (Å²) in [5.74, 6) is 0. The zero-order valence-corrected chi connectivity index (χ0v) is 4.60. The first-order chi connectivity index (χ1) is 3.27. The third-order valence-electron chi connectivity index (χ3n) is 0.382. The van der Waals surface area contributed by atoms with Crippen LogP contribution in [0.25, 0.3) is 0 Å². The van der Waals surface area contributed by atoms with Crippen LogP contribution in [0.1, 0.15) is 0 Å². The van der Waals surface area contributed by atoms with E-state index in [4.69, 9.17) is 4.89 Å². The summed E-state index contributed by atoms with van der Waals surface area (Å²) in [6, 6.07) is 0. The van der Waals surface area contributed by atoms with E-state index < -0.39 is 8.03 Å². The maximum Gasteiger partial charge on any atom is 0.192 e. The van der Waals surface area contributed by atoms with Crippen molar-refractivity contribution in [2.24, 2.45) is 0 Å². The van der Waals surface area contributed by atoms with E-state index in [1.54, 1.807) is 0 Å². The molecule has 0 bridgehead atoms. The first-order valence-corrected chi connectivity index (χ1v) is 3.30. The quantitative estimate of drug-likeness (QED) is 0.556. The molecule has 0 rings (SSSR count). The Balaban J connectivity index is 3.14. The fourth-order valence-electron chi connectivity index (χ4n) is 0.145. The van der Waals surface area contributed by atoms with Crippen molar-refractivity contribution in [2.75, 3.05) is 6.16 Å². The molecule has 0 fully saturated rings. The monoisotopic (exact) mass is 124 g/mol. The molecule has 0 amide bonds. The fraction of sp³-hybridized carbons (Fsp3) is 0.333. The van der Waals surface area contributed by atoms with Crippen LogP contribution in [0.2, 0.25) is 0 Å². The maximum atomic E-state index is 10.9. The van der Waals surface area contributed by atoms with Crippen molar-refractivity contribution in [3.63, 3.8) is 0 Å². The second-order valence-corrected chi connectivity index (χ2v) is 2.16. The minimum absolute atomic E-state index is 0.0544. The van der Waals surface area contributed by atoms with Crippen molar-refractivity contribution in [2.45, 2.75) is 0 Å². The standard InChI is InChI=1S/C3H6FO2P/c4-2-1-3-7(5)6/h1-2,7H,3H2,(H,5,6). The Bertz CT molecular complexity index is 90.9. The van der Waals surface area contributed by atoms with Crippen molar-refractivity contribution in [1.29, 1.82) is 0 Å². The Kier molecular flexibility index (Phi) is 3.95. The second-order valence-electron chi connectivity index (χ2n) is 0.960. The number of hydrogen-bond acceptors (Lipinski definition) is 1. The number of halogens is 1. The molecule has 0 aliphatic carbocycles. The minimum atomic E-state index is -2.47. The lowest BCUT2D eigenvalue weighted by atomic mass is 10.7. The van der Waals surface area contributed by atoms with Gasteiger partial charge in [-0.05, 0) is 6.08 Å². The van der Waals surface area contributed by atoms with Crippen molar-refractivity contribution in [1.82, 2.24) is 0 Å². The van der Waals surface area contributed by atoms with Crippen molar-refractivity contribution in [3.05, 3.63) is 12.4 Å². The predicted octanol–water partition coefficient (Wildman–Crippen LogP) is 0.937. The molecule has 7 heavy (non-hydrogen) atoms. The van der Waals surface area contributed by atoms with Crippen LogP contribution in [0.5, 0.6) is 0 Å². The topological polar surface area (TPSA) is 37.3 Å². The van der Waals surface area contributed by atoms with Gasteiger partial charge in [0.1, 0.15) is 0 Å². The van der Waals surface area contributed by atoms with Gasteiger partial charge in [-0.1, -0.05) is 0 Å². The van der Waals surface area contributed by atoms with Gasteiger partial charge in [0.2, 0.25) is 0 Å². The van der Waals surface area contributed by atoms with Gasteiger partial charge in [-0.25, -0.2) is 4.39 Å². The summed E-state index contributed by atoms with van der Waals surface area (Å²) in [6.45, 7) is 0. The van der Waals surface area contributed by atoms with Gasteiger partial charge in [0.25, 0.3) is 0 Å². The van der Waals surface area contributed by atoms with Gasteiger partial charge in [0, 0.05) is 6.16 Å². The van der Waals surface area contributed by atoms with E-state index in [1.165, 1.54) is 0 Å². The van der Waals surface area contributed by atoms with Crippen LogP contribution in [-0.2, 0) is 4.57 Å². The molecule has 1 atom stereocenters. The Morgan fingerprint density at radius 2 is 2.43 bits per heavy atom. The molecule has 0 saturated carbocycles. The molecule has 42 valence electrons. The number of hydrogen-bond donors (Lipinski definition) is 1. The molecular formula is C3H6FO2P. The second kappa shape index (κ2) is 4.03. The molecule has 4 heteroatoms. The van der Waals surface area contributed by atoms with Crippen molar-refractivity contribution in [3.8, 4) is 0 Å². The Labute approximate surface area is 41.5 Å². The fourth-order valence-corrected chi connectivity index (χ4v) is 0.436. The molecule has 0 aromatic rings. The highest BCUT2D eigenvalue weighted by Crippen LogP contribution is 2.10. The summed E-state index contributed by atoms with van der Waals surface area (Å²) < 4.78 is 20.7. The van der Waals surface area contributed by atoms with Gasteiger partial charge in [-0.15, -0.1) is 0 Å². The van der Waals surface area contributed by atoms with E-state index in [0.717, 1.165) is 6.08 Å². The van der Waals surface area contributed by atoms with Gasteiger partial charge in [-0.3, -0.25) is 4.57 Å². The van der Waals surface area contributed by atoms with Gasteiger partial charge in [0.15, 0.2) is 8.03 Å². The third-order valence-corrected chi connectivity index (χ3v) is 0.967. The molecule has 1 unspecified atom stereocenters. The summed E-state index contributed by atoms with van der Waals surface area (Å²) >= 11 is 0. The molecule has 0 saturated heterocycles. The third kappa shape index (κ3) is 5.86. The highest BCUT2D eigenvalue weighted by Gasteiger charge is 1.82. The predicted molar refractivity (Wildman–Crippen MR) is 26.3 cm³/mol. The summed E-state index contributed by atoms with van der Waals surface area (Å²) in [5, 5.41) is 0. The summed E-state index contributed by atoms with van der Waals surface area (Å²) in [4.78, 5) is 8.01. The summed E-state index contributed by atoms with van der Waals surface area (Å²) in [6.07, 6.45) is 1.22. The molecule has 0 aliphatic rings. The lowest BCUT2D eigenvalue weighted by molar-refractivity contribution is 0.506. The van der Waals surface area contributed by atoms with Gasteiger partial charge < -0.3 is 4.89 Å². The molecule has 0 heterocycles. The van der Waals surface area contributed by atoms with Crippen LogP contribution in [0.3, 0.4) is 0 Å². The molecule has 0 aromatic carbocycles. The van der Waals surface area contributed by atoms with E-state index in [1.807, 2.05) is 0 Å². The van der Waals surface area contributed by atoms with Gasteiger partial charge >= 0.3 is 0 Å². The highest BCUT2D eigenvalue weighted by atomic mass is 31.1. The SMILES string of the molecule is O=[PH](O)CC=CF. The van der Waals surface area contributed by atoms with Crippen LogP contribution in [0.15, 0.2) is 12.4 Å². The summed E-state index contributed by atoms with van der Waals surface area (Å²) in [7, 11) is -2.47. The van der Waals surface area contributed by atoms with E-state index in [-0.39, 0.29) is 12.5 Å². The zero-order chi connectivity index (χ0) is 5.70. The average Bonchev–Trinajstić information content (AvgIpc) is 1.61. The number of rotatable bonds is 2. The van der Waals surface area contributed by atoms with Crippen LogP contribution < -0.4 is 0 Å². The largest absolute Gasteiger partial charge is 0.346 e. The molecule has 1 N–H and O–H groups in total. The van der Waals surface area contributed by atoms with Crippen LogP contribution in [0, 0.1) is 0 Å². The van der Waals surface area contributed by atoms with Gasteiger partial charge in [0.05, 0.1) is 6.33 Å². The van der Waals surface area contributed by atoms with Crippen LogP contribution in [-0.4, -0.2) is 11.1 Å². The molecule has 0 aliphatic heterocycles. The lowest BCUT2D eigenvalue weighted by Crippen LogP contribution is -1.63. The smallest absolute Gasteiger partial charge is 0.192 e. The first-order valence-electron chi connectivity index (χ1n) is 1.74. The van der Waals surface area contributed by atoms with E-state index in [9.17, 15) is 8.96 Å². The van der Waals surface area contributed by atoms with Crippen LogP contribution in [0.4, 0.5) is 4.39 Å². The maximum absolute atomic E-state index is 10.9. The Morgan fingerprint density at radius 3 is 2.57 bits per heavy atom. The normalized spacial score (nSPS) is 15.1. The van der Waals surface area contributed by atoms with Crippen molar-refractivity contribution >= 4 is 8.03 Å². The average molecular weight is 124 g/mol. The number of allylic oxidation sites excluding steroid dienone is 1. The molecule has 2 nitrogen and oxygen atoms in total. The lowest BCUT2D eigenvalue weighted by Gasteiger charge is -1.78. The summed E-state index contributed by atoms with van der Waals surface area (Å²) in [5.41, 5.74) is 0. The van der Waals surface area contributed by atoms with Crippen LogP contribution >= 0.6 is 8.03 Å². The highest BCUT2D eigenvalue weighted by molar-refractivity contribution is 7.38. The van der Waals surface area contributed by atoms with Gasteiger partial charge in [-0.2, -0.15) is 0 Å². The molecule has 0 spiro atoms. The van der Waals surface area contributed by atoms with E-state index >= 15 is 0 Å². The Morgan fingerprint density at radius 1 is 1.86 bits per heavy atom. The zero-order valence-electron chi connectivity index (χ0n) is 3.60. The molecule has 0 radical (unpaired) electrons. The first kappa shape index (κ1) is 6.86. The van der Waals surface area contributed by atoms with E-state index in [2.05, 4.69) is 0 Å². The van der Waals surface area contributed by atoms with Crippen molar-refractivity contribution < 1.29 is 13.8 Å². The minimum Gasteiger partial charge on any atom is -0.346 e. The Hall–Kier alpha value is -0.140. The molecule has 0 aromatic heterocycles.